The van der Waals surface area contributed by atoms with Crippen molar-refractivity contribution in [2.75, 3.05) is 19.8 Å². The molecule has 0 radical (unpaired) electrons. The van der Waals surface area contributed by atoms with Gasteiger partial charge >= 0.3 is 11.9 Å². The van der Waals surface area contributed by atoms with E-state index in [0.29, 0.717) is 26.1 Å². The number of hydrogen-bond acceptors (Lipinski definition) is 8. The lowest BCUT2D eigenvalue weighted by Gasteiger charge is -2.06. The van der Waals surface area contributed by atoms with Crippen LogP contribution in [0.2, 0.25) is 0 Å². The molecule has 0 aromatic carbocycles. The summed E-state index contributed by atoms with van der Waals surface area (Å²) in [5.41, 5.74) is 0. The van der Waals surface area contributed by atoms with Crippen LogP contribution in [0.1, 0.15) is 149 Å². The van der Waals surface area contributed by atoms with Crippen LogP contribution in [-0.4, -0.2) is 44.7 Å². The third-order valence-corrected chi connectivity index (χ3v) is 6.32. The van der Waals surface area contributed by atoms with Crippen LogP contribution in [0, 0.1) is 0 Å². The Kier molecular flexibility index (Phi) is 34.7. The Balaban J connectivity index is -0.00000134. The van der Waals surface area contributed by atoms with Crippen LogP contribution >= 0.6 is 0 Å². The molecule has 0 aliphatic heterocycles. The molecule has 0 aromatic rings. The van der Waals surface area contributed by atoms with Crippen molar-refractivity contribution in [1.29, 1.82) is 0 Å². The Morgan fingerprint density at radius 2 is 0.868 bits per heavy atom. The summed E-state index contributed by atoms with van der Waals surface area (Å²) in [4.78, 5) is 23.4. The first-order valence-corrected chi connectivity index (χ1v) is 16.0. The number of carbonyl (C=O) groups is 2. The SMILES string of the molecule is CCCCCCCCOC(=O)CCCCCCCCC(=O)OCCCCCCCC.CCOS(=O)(=O)[O-].[NH4+]. The average molecular weight is 570 g/mol. The van der Waals surface area contributed by atoms with Gasteiger partial charge in [0.25, 0.3) is 0 Å². The monoisotopic (exact) mass is 569 g/mol. The molecule has 0 saturated heterocycles. The summed E-state index contributed by atoms with van der Waals surface area (Å²) in [5.74, 6) is -0.0895. The molecule has 10 heteroatoms. The van der Waals surface area contributed by atoms with Crippen molar-refractivity contribution in [1.82, 2.24) is 6.15 Å². The van der Waals surface area contributed by atoms with Crippen LogP contribution in [-0.2, 0) is 33.6 Å². The van der Waals surface area contributed by atoms with E-state index in [2.05, 4.69) is 18.0 Å². The van der Waals surface area contributed by atoms with E-state index in [-0.39, 0.29) is 24.7 Å². The maximum absolute atomic E-state index is 11.7. The number of esters is 2. The van der Waals surface area contributed by atoms with Gasteiger partial charge in [0.1, 0.15) is 0 Å². The highest BCUT2D eigenvalue weighted by Crippen LogP contribution is 2.11. The molecule has 0 aromatic heterocycles. The molecule has 0 saturated carbocycles. The first kappa shape index (κ1) is 41.3. The first-order chi connectivity index (χ1) is 17.8. The average Bonchev–Trinajstić information content (AvgIpc) is 2.84. The molecule has 0 atom stereocenters. The fraction of sp³-hybridized carbons (Fsp3) is 0.929. The molecule has 0 aliphatic rings. The first-order valence-electron chi connectivity index (χ1n) is 14.7. The highest BCUT2D eigenvalue weighted by Gasteiger charge is 2.04. The van der Waals surface area contributed by atoms with Gasteiger partial charge in [-0.3, -0.25) is 13.8 Å². The van der Waals surface area contributed by atoms with Gasteiger partial charge in [0.05, 0.1) is 19.8 Å². The zero-order chi connectivity index (χ0) is 28.0. The van der Waals surface area contributed by atoms with Gasteiger partial charge in [-0.15, -0.1) is 0 Å². The number of quaternary nitrogens is 1. The van der Waals surface area contributed by atoms with E-state index in [4.69, 9.17) is 9.47 Å². The predicted molar refractivity (Wildman–Crippen MR) is 153 cm³/mol. The van der Waals surface area contributed by atoms with Gasteiger partial charge in [0.15, 0.2) is 0 Å². The molecule has 0 spiro atoms. The fourth-order valence-electron chi connectivity index (χ4n) is 3.67. The maximum atomic E-state index is 11.7. The summed E-state index contributed by atoms with van der Waals surface area (Å²) < 4.78 is 42.6. The van der Waals surface area contributed by atoms with Gasteiger partial charge in [-0.25, -0.2) is 8.42 Å². The molecule has 4 N–H and O–H groups in total. The topological polar surface area (TPSA) is 156 Å². The van der Waals surface area contributed by atoms with E-state index < -0.39 is 10.4 Å². The van der Waals surface area contributed by atoms with E-state index in [1.54, 1.807) is 0 Å². The zero-order valence-corrected chi connectivity index (χ0v) is 25.8. The van der Waals surface area contributed by atoms with Crippen LogP contribution in [0.15, 0.2) is 0 Å². The molecule has 0 rings (SSSR count). The van der Waals surface area contributed by atoms with Crippen LogP contribution in [0.25, 0.3) is 0 Å². The van der Waals surface area contributed by atoms with Crippen LogP contribution in [0.4, 0.5) is 0 Å². The van der Waals surface area contributed by atoms with E-state index in [1.807, 2.05) is 0 Å². The highest BCUT2D eigenvalue weighted by molar-refractivity contribution is 7.80. The second-order valence-electron chi connectivity index (χ2n) is 9.41. The molecular weight excluding hydrogens is 510 g/mol. The van der Waals surface area contributed by atoms with E-state index in [1.165, 1.54) is 71.1 Å². The molecular formula is C28H59NO8S. The lowest BCUT2D eigenvalue weighted by atomic mass is 10.1. The Hall–Kier alpha value is -1.23. The molecule has 9 nitrogen and oxygen atoms in total. The third-order valence-electron chi connectivity index (χ3n) is 5.80. The molecule has 0 bridgehead atoms. The van der Waals surface area contributed by atoms with Crippen molar-refractivity contribution in [3.8, 4) is 0 Å². The molecule has 0 heterocycles. The fourth-order valence-corrected chi connectivity index (χ4v) is 3.96. The molecule has 0 fully saturated rings. The second-order valence-corrected chi connectivity index (χ2v) is 10.5. The van der Waals surface area contributed by atoms with E-state index in [0.717, 1.165) is 51.4 Å². The molecule has 38 heavy (non-hydrogen) atoms. The van der Waals surface area contributed by atoms with Gasteiger partial charge in [-0.05, 0) is 32.6 Å². The minimum absolute atomic E-state index is 0. The van der Waals surface area contributed by atoms with E-state index >= 15 is 0 Å². The maximum Gasteiger partial charge on any atom is 0.305 e. The number of rotatable bonds is 25. The van der Waals surface area contributed by atoms with Gasteiger partial charge in [0.2, 0.25) is 10.4 Å². The third kappa shape index (κ3) is 39.3. The van der Waals surface area contributed by atoms with Gasteiger partial charge in [-0.1, -0.05) is 104 Å². The largest absolute Gasteiger partial charge is 0.726 e. The highest BCUT2D eigenvalue weighted by atomic mass is 32.3. The summed E-state index contributed by atoms with van der Waals surface area (Å²) >= 11 is 0. The van der Waals surface area contributed by atoms with Gasteiger partial charge in [-0.2, -0.15) is 0 Å². The van der Waals surface area contributed by atoms with Crippen molar-refractivity contribution >= 4 is 22.3 Å². The normalized spacial score (nSPS) is 10.7. The summed E-state index contributed by atoms with van der Waals surface area (Å²) in [6.45, 7) is 6.94. The van der Waals surface area contributed by atoms with Gasteiger partial charge < -0.3 is 20.2 Å². The summed E-state index contributed by atoms with van der Waals surface area (Å²) in [7, 11) is -4.42. The Labute approximate surface area is 233 Å². The number of ether oxygens (including phenoxy) is 2. The predicted octanol–water partition coefficient (Wildman–Crippen LogP) is 7.77. The molecule has 230 valence electrons. The Morgan fingerprint density at radius 1 is 0.553 bits per heavy atom. The smallest absolute Gasteiger partial charge is 0.305 e. The van der Waals surface area contributed by atoms with Crippen molar-refractivity contribution in [2.45, 2.75) is 149 Å². The standard InChI is InChI=1S/C26H50O4.C2H6O4S.H3N/c1-3-5-7-9-15-19-23-29-25(27)21-17-13-11-12-14-18-22-26(28)30-24-20-16-10-8-6-4-2;1-2-6-7(3,4)5;/h3-24H2,1-2H3;2H2,1H3,(H,3,4,5);1H3. The minimum atomic E-state index is -4.42. The molecule has 0 amide bonds. The lowest BCUT2D eigenvalue weighted by Crippen LogP contribution is -2.06. The van der Waals surface area contributed by atoms with E-state index in [9.17, 15) is 22.6 Å². The number of carbonyl (C=O) groups excluding carboxylic acids is 2. The summed E-state index contributed by atoms with van der Waals surface area (Å²) in [6, 6.07) is 0. The van der Waals surface area contributed by atoms with Crippen molar-refractivity contribution in [2.24, 2.45) is 0 Å². The Bertz CT molecular complexity index is 578. The summed E-state index contributed by atoms with van der Waals surface area (Å²) in [6.07, 6.45) is 21.9. The van der Waals surface area contributed by atoms with Crippen molar-refractivity contribution in [3.63, 3.8) is 0 Å². The second kappa shape index (κ2) is 32.0. The van der Waals surface area contributed by atoms with Crippen LogP contribution in [0.5, 0.6) is 0 Å². The quantitative estimate of drug-likeness (QED) is 0.0505. The van der Waals surface area contributed by atoms with Crippen molar-refractivity contribution < 1.29 is 36.2 Å². The number of unbranched alkanes of at least 4 members (excludes halogenated alkanes) is 15. The Morgan fingerprint density at radius 3 is 1.16 bits per heavy atom. The van der Waals surface area contributed by atoms with Gasteiger partial charge in [0, 0.05) is 12.8 Å². The summed E-state index contributed by atoms with van der Waals surface area (Å²) in [5, 5.41) is 0. The molecule has 0 aliphatic carbocycles. The lowest BCUT2D eigenvalue weighted by molar-refractivity contribution is -0.144. The van der Waals surface area contributed by atoms with Crippen LogP contribution in [0.3, 0.4) is 0 Å². The van der Waals surface area contributed by atoms with Crippen molar-refractivity contribution in [3.05, 3.63) is 0 Å². The zero-order valence-electron chi connectivity index (χ0n) is 24.9. The molecule has 0 unspecified atom stereocenters. The minimum Gasteiger partial charge on any atom is -0.726 e. The van der Waals surface area contributed by atoms with Crippen LogP contribution < -0.4 is 6.15 Å². The number of hydrogen-bond donors (Lipinski definition) is 1.